The molecule has 0 bridgehead atoms. The molecule has 3 aromatic rings. The lowest BCUT2D eigenvalue weighted by Gasteiger charge is -2.09. The van der Waals surface area contributed by atoms with Gasteiger partial charge in [0.15, 0.2) is 5.82 Å². The molecule has 0 fully saturated rings. The van der Waals surface area contributed by atoms with Crippen LogP contribution >= 0.6 is 27.5 Å². The predicted octanol–water partition coefficient (Wildman–Crippen LogP) is 5.47. The van der Waals surface area contributed by atoms with Crippen LogP contribution in [0.2, 0.25) is 5.15 Å². The summed E-state index contributed by atoms with van der Waals surface area (Å²) in [5.41, 5.74) is 3.63. The molecule has 3 rings (SSSR count). The Labute approximate surface area is 135 Å². The zero-order valence-corrected chi connectivity index (χ0v) is 13.8. The van der Waals surface area contributed by atoms with Crippen molar-refractivity contribution < 1.29 is 4.39 Å². The molecule has 0 amide bonds. The molecule has 0 atom stereocenters. The molecule has 0 radical (unpaired) electrons. The fourth-order valence-electron chi connectivity index (χ4n) is 2.20. The summed E-state index contributed by atoms with van der Waals surface area (Å²) in [5.74, 6) is 0.139. The molecule has 0 unspecified atom stereocenters. The zero-order valence-electron chi connectivity index (χ0n) is 11.4. The van der Waals surface area contributed by atoms with E-state index in [0.717, 1.165) is 16.7 Å². The highest BCUT2D eigenvalue weighted by molar-refractivity contribution is 9.10. The molecule has 1 heterocycles. The molecule has 2 nitrogen and oxygen atoms in total. The van der Waals surface area contributed by atoms with Crippen molar-refractivity contribution in [1.29, 1.82) is 0 Å². The van der Waals surface area contributed by atoms with Crippen LogP contribution in [0.5, 0.6) is 0 Å². The maximum atomic E-state index is 13.7. The van der Waals surface area contributed by atoms with Crippen LogP contribution in [0.4, 0.5) is 4.39 Å². The average molecular weight is 366 g/mol. The van der Waals surface area contributed by atoms with Crippen LogP contribution in [-0.2, 0) is 0 Å². The van der Waals surface area contributed by atoms with E-state index in [1.54, 1.807) is 6.07 Å². The molecule has 1 aromatic heterocycles. The van der Waals surface area contributed by atoms with Gasteiger partial charge in [0.1, 0.15) is 11.0 Å². The van der Waals surface area contributed by atoms with Gasteiger partial charge in [0.2, 0.25) is 0 Å². The predicted molar refractivity (Wildman–Crippen MR) is 87.1 cm³/mol. The standard InChI is InChI=1S/C16H11BrClFN2/c1-8-4-3-5-10(9(8)2)16-20-14-7-13(19)12(17)6-11(14)15(18)21-16/h3-7H,1-2H3. The van der Waals surface area contributed by atoms with Gasteiger partial charge in [0.25, 0.3) is 0 Å². The van der Waals surface area contributed by atoms with Crippen molar-refractivity contribution >= 4 is 38.4 Å². The minimum absolute atomic E-state index is 0.316. The summed E-state index contributed by atoms with van der Waals surface area (Å²) in [6.45, 7) is 4.03. The van der Waals surface area contributed by atoms with Crippen molar-refractivity contribution in [1.82, 2.24) is 9.97 Å². The molecule has 0 saturated heterocycles. The molecule has 0 N–H and O–H groups in total. The van der Waals surface area contributed by atoms with E-state index in [9.17, 15) is 4.39 Å². The lowest BCUT2D eigenvalue weighted by atomic mass is 10.0. The fourth-order valence-corrected chi connectivity index (χ4v) is 2.77. The molecule has 0 aliphatic carbocycles. The number of aryl methyl sites for hydroxylation is 1. The van der Waals surface area contributed by atoms with E-state index < -0.39 is 0 Å². The first-order valence-electron chi connectivity index (χ1n) is 6.36. The summed E-state index contributed by atoms with van der Waals surface area (Å²) in [6, 6.07) is 8.87. The molecular formula is C16H11BrClFN2. The van der Waals surface area contributed by atoms with Crippen LogP contribution in [0, 0.1) is 19.7 Å². The van der Waals surface area contributed by atoms with Crippen LogP contribution in [0.1, 0.15) is 11.1 Å². The van der Waals surface area contributed by atoms with Gasteiger partial charge < -0.3 is 0 Å². The van der Waals surface area contributed by atoms with Crippen LogP contribution in [0.3, 0.4) is 0 Å². The van der Waals surface area contributed by atoms with Crippen molar-refractivity contribution in [2.24, 2.45) is 0 Å². The number of hydrogen-bond acceptors (Lipinski definition) is 2. The molecule has 0 aliphatic rings. The van der Waals surface area contributed by atoms with Gasteiger partial charge in [-0.15, -0.1) is 0 Å². The van der Waals surface area contributed by atoms with Crippen LogP contribution < -0.4 is 0 Å². The van der Waals surface area contributed by atoms with Gasteiger partial charge in [-0.05, 0) is 47.0 Å². The highest BCUT2D eigenvalue weighted by Crippen LogP contribution is 2.30. The van der Waals surface area contributed by atoms with E-state index >= 15 is 0 Å². The Bertz CT molecular complexity index is 865. The molecule has 106 valence electrons. The van der Waals surface area contributed by atoms with Crippen molar-refractivity contribution in [3.8, 4) is 11.4 Å². The smallest absolute Gasteiger partial charge is 0.161 e. The van der Waals surface area contributed by atoms with Crippen molar-refractivity contribution in [3.05, 3.63) is 56.9 Å². The van der Waals surface area contributed by atoms with Crippen LogP contribution in [-0.4, -0.2) is 9.97 Å². The van der Waals surface area contributed by atoms with Crippen molar-refractivity contribution in [2.45, 2.75) is 13.8 Å². The lowest BCUT2D eigenvalue weighted by Crippen LogP contribution is -1.96. The Hall–Kier alpha value is -1.52. The van der Waals surface area contributed by atoms with Gasteiger partial charge in [-0.1, -0.05) is 29.8 Å². The normalized spacial score (nSPS) is 11.1. The fraction of sp³-hybridized carbons (Fsp3) is 0.125. The third-order valence-electron chi connectivity index (χ3n) is 3.54. The highest BCUT2D eigenvalue weighted by atomic mass is 79.9. The largest absolute Gasteiger partial charge is 0.228 e. The third-order valence-corrected chi connectivity index (χ3v) is 4.43. The number of fused-ring (bicyclic) bond motifs is 1. The summed E-state index contributed by atoms with van der Waals surface area (Å²) in [5, 5.41) is 0.940. The molecule has 0 spiro atoms. The van der Waals surface area contributed by atoms with Gasteiger partial charge in [0, 0.05) is 17.0 Å². The lowest BCUT2D eigenvalue weighted by molar-refractivity contribution is 0.623. The second-order valence-electron chi connectivity index (χ2n) is 4.87. The Balaban J connectivity index is 2.30. The van der Waals surface area contributed by atoms with Gasteiger partial charge in [0.05, 0.1) is 9.99 Å². The second-order valence-corrected chi connectivity index (χ2v) is 6.08. The first-order valence-corrected chi connectivity index (χ1v) is 7.53. The van der Waals surface area contributed by atoms with E-state index in [1.165, 1.54) is 6.07 Å². The molecule has 0 aliphatic heterocycles. The second kappa shape index (κ2) is 5.35. The van der Waals surface area contributed by atoms with Gasteiger partial charge >= 0.3 is 0 Å². The van der Waals surface area contributed by atoms with Crippen LogP contribution in [0.25, 0.3) is 22.3 Å². The molecule has 0 saturated carbocycles. The minimum Gasteiger partial charge on any atom is -0.228 e. The summed E-state index contributed by atoms with van der Waals surface area (Å²) in [6.07, 6.45) is 0. The van der Waals surface area contributed by atoms with E-state index in [0.29, 0.717) is 26.4 Å². The van der Waals surface area contributed by atoms with E-state index in [-0.39, 0.29) is 5.82 Å². The first-order chi connectivity index (χ1) is 9.97. The Morgan fingerprint density at radius 1 is 1.14 bits per heavy atom. The summed E-state index contributed by atoms with van der Waals surface area (Å²) >= 11 is 9.38. The van der Waals surface area contributed by atoms with E-state index in [2.05, 4.69) is 25.9 Å². The molecular weight excluding hydrogens is 355 g/mol. The number of nitrogens with zero attached hydrogens (tertiary/aromatic N) is 2. The van der Waals surface area contributed by atoms with Crippen molar-refractivity contribution in [2.75, 3.05) is 0 Å². The van der Waals surface area contributed by atoms with E-state index in [1.807, 2.05) is 32.0 Å². The highest BCUT2D eigenvalue weighted by Gasteiger charge is 2.13. The maximum Gasteiger partial charge on any atom is 0.161 e. The monoisotopic (exact) mass is 364 g/mol. The molecule has 21 heavy (non-hydrogen) atoms. The number of rotatable bonds is 1. The number of halogens is 3. The number of hydrogen-bond donors (Lipinski definition) is 0. The number of aromatic nitrogens is 2. The third kappa shape index (κ3) is 2.54. The molecule has 5 heteroatoms. The average Bonchev–Trinajstić information content (AvgIpc) is 2.44. The van der Waals surface area contributed by atoms with Gasteiger partial charge in [-0.3, -0.25) is 0 Å². The first kappa shape index (κ1) is 14.4. The summed E-state index contributed by atoms with van der Waals surface area (Å²) in [7, 11) is 0. The van der Waals surface area contributed by atoms with E-state index in [4.69, 9.17) is 11.6 Å². The summed E-state index contributed by atoms with van der Waals surface area (Å²) in [4.78, 5) is 8.81. The quantitative estimate of drug-likeness (QED) is 0.534. The maximum absolute atomic E-state index is 13.7. The summed E-state index contributed by atoms with van der Waals surface area (Å²) < 4.78 is 14.1. The zero-order chi connectivity index (χ0) is 15.1. The Kier molecular flexibility index (Phi) is 3.68. The van der Waals surface area contributed by atoms with Gasteiger partial charge in [-0.2, -0.15) is 0 Å². The SMILES string of the molecule is Cc1cccc(-c2nc(Cl)c3cc(Br)c(F)cc3n2)c1C. The number of benzene rings is 2. The Morgan fingerprint density at radius 3 is 2.67 bits per heavy atom. The minimum atomic E-state index is -0.371. The van der Waals surface area contributed by atoms with Crippen molar-refractivity contribution in [3.63, 3.8) is 0 Å². The topological polar surface area (TPSA) is 25.8 Å². The Morgan fingerprint density at radius 2 is 1.90 bits per heavy atom. The van der Waals surface area contributed by atoms with Gasteiger partial charge in [-0.25, -0.2) is 14.4 Å². The molecule has 2 aromatic carbocycles. The van der Waals surface area contributed by atoms with Crippen LogP contribution in [0.15, 0.2) is 34.8 Å².